The number of nitrogens with two attached hydrogens (primary N) is 2. The van der Waals surface area contributed by atoms with Crippen LogP contribution in [0.5, 0.6) is 5.75 Å². The molecular formula is C37H55N9O9. The number of aliphatic carboxylic acids is 1. The van der Waals surface area contributed by atoms with Gasteiger partial charge in [-0.1, -0.05) is 56.3 Å². The summed E-state index contributed by atoms with van der Waals surface area (Å²) in [6.07, 6.45) is -0.987. The number of guanidine groups is 1. The number of hydrogen-bond acceptors (Lipinski definition) is 10. The van der Waals surface area contributed by atoms with Crippen LogP contribution in [0.3, 0.4) is 0 Å². The number of amides is 5. The molecule has 0 spiro atoms. The molecule has 7 atom stereocenters. The third-order valence-corrected chi connectivity index (χ3v) is 8.40. The third kappa shape index (κ3) is 16.4. The Labute approximate surface area is 320 Å². The number of phenolic OH excluding ortho intramolecular Hbond substituents is 1. The molecule has 0 fully saturated rings. The maximum absolute atomic E-state index is 13.7. The first-order valence-electron chi connectivity index (χ1n) is 18.0. The Balaban J connectivity index is 2.18. The van der Waals surface area contributed by atoms with Gasteiger partial charge in [-0.3, -0.25) is 29.4 Å². The molecule has 2 aromatic rings. The van der Waals surface area contributed by atoms with Gasteiger partial charge in [0.25, 0.3) is 0 Å². The number of nitrogens with one attached hydrogen (secondary N) is 7. The Hall–Kier alpha value is -5.75. The van der Waals surface area contributed by atoms with Crippen LogP contribution >= 0.6 is 0 Å². The van der Waals surface area contributed by atoms with Crippen LogP contribution in [0.25, 0.3) is 0 Å². The smallest absolute Gasteiger partial charge is 0.326 e. The lowest BCUT2D eigenvalue weighted by Crippen LogP contribution is -2.61. The minimum absolute atomic E-state index is 0.0144. The van der Waals surface area contributed by atoms with Gasteiger partial charge in [-0.2, -0.15) is 0 Å². The van der Waals surface area contributed by atoms with Crippen molar-refractivity contribution in [2.24, 2.45) is 17.4 Å². The number of carbonyl (C=O) groups is 6. The number of carboxylic acids is 1. The summed E-state index contributed by atoms with van der Waals surface area (Å²) in [7, 11) is 0. The molecule has 14 N–H and O–H groups in total. The van der Waals surface area contributed by atoms with Gasteiger partial charge in [0.2, 0.25) is 29.5 Å². The van der Waals surface area contributed by atoms with Gasteiger partial charge >= 0.3 is 5.97 Å². The van der Waals surface area contributed by atoms with E-state index in [-0.39, 0.29) is 56.3 Å². The number of carbonyl (C=O) groups excluding carboxylic acids is 5. The molecule has 2 aromatic carbocycles. The molecule has 0 bridgehead atoms. The molecule has 0 unspecified atom stereocenters. The van der Waals surface area contributed by atoms with E-state index in [1.807, 2.05) is 6.07 Å². The van der Waals surface area contributed by atoms with E-state index in [2.05, 4.69) is 31.9 Å². The fraction of sp³-hybridized carbons (Fsp3) is 0.486. The van der Waals surface area contributed by atoms with Crippen molar-refractivity contribution in [3.05, 3.63) is 65.7 Å². The van der Waals surface area contributed by atoms with Gasteiger partial charge in [-0.25, -0.2) is 4.79 Å². The zero-order valence-corrected chi connectivity index (χ0v) is 31.5. The molecule has 0 saturated heterocycles. The monoisotopic (exact) mass is 769 g/mol. The molecule has 18 nitrogen and oxygen atoms in total. The zero-order valence-electron chi connectivity index (χ0n) is 31.5. The average Bonchev–Trinajstić information content (AvgIpc) is 3.11. The molecule has 5 amide bonds. The zero-order chi connectivity index (χ0) is 41.2. The highest BCUT2D eigenvalue weighted by Crippen LogP contribution is 2.13. The van der Waals surface area contributed by atoms with E-state index in [1.54, 1.807) is 50.2 Å². The minimum Gasteiger partial charge on any atom is -0.508 e. The van der Waals surface area contributed by atoms with Crippen LogP contribution in [0, 0.1) is 11.3 Å². The standard InChI is InChI=1S/C37H55N9O9/c1-20(2)17-28(33(51)42-21(3)31(49)43-27(36(54)55)11-8-16-41-37(39)40)45-35(53)30(22(4)47)46-34(52)29(19-24-12-14-25(48)15-13-24)44-32(50)26(38)18-23-9-6-5-7-10-23/h5-7,9-10,12-15,20-22,26-30,47-48H,8,11,16-19,38H2,1-4H3,(H,42,51)(H,43,49)(H,44,50)(H,45,53)(H,46,52)(H,54,55)(H4,39,40,41)/t21-,22+,26-,27-,28-,29-,30-/m0/s1. The molecular weight excluding hydrogens is 714 g/mol. The highest BCUT2D eigenvalue weighted by molar-refractivity contribution is 5.96. The molecule has 0 saturated carbocycles. The first-order chi connectivity index (χ1) is 25.9. The Morgan fingerprint density at radius 2 is 1.27 bits per heavy atom. The first-order valence-corrected chi connectivity index (χ1v) is 18.0. The molecule has 0 radical (unpaired) electrons. The highest BCUT2D eigenvalue weighted by atomic mass is 16.4. The number of phenols is 1. The summed E-state index contributed by atoms with van der Waals surface area (Å²) in [5, 5.41) is 52.1. The van der Waals surface area contributed by atoms with Crippen LogP contribution in [0.1, 0.15) is 58.1 Å². The Morgan fingerprint density at radius 3 is 1.84 bits per heavy atom. The van der Waals surface area contributed by atoms with Crippen LogP contribution < -0.4 is 43.4 Å². The summed E-state index contributed by atoms with van der Waals surface area (Å²) >= 11 is 0. The van der Waals surface area contributed by atoms with Gasteiger partial charge in [0.15, 0.2) is 5.96 Å². The summed E-state index contributed by atoms with van der Waals surface area (Å²) in [5.74, 6) is -5.73. The van der Waals surface area contributed by atoms with Crippen molar-refractivity contribution < 1.29 is 44.1 Å². The maximum Gasteiger partial charge on any atom is 0.326 e. The summed E-state index contributed by atoms with van der Waals surface area (Å²) < 4.78 is 0. The SMILES string of the molecule is CC(C)C[C@H](NC(=O)[C@@H](NC(=O)[C@H](Cc1ccc(O)cc1)NC(=O)[C@@H](N)Cc1ccccc1)[C@@H](C)O)C(=O)N[C@@H](C)C(=O)N[C@@H](CCCNC(=N)N)C(=O)O. The molecule has 2 rings (SSSR count). The fourth-order valence-corrected chi connectivity index (χ4v) is 5.40. The van der Waals surface area contributed by atoms with Gasteiger partial charge in [-0.05, 0) is 68.7 Å². The van der Waals surface area contributed by atoms with Crippen molar-refractivity contribution in [1.82, 2.24) is 31.9 Å². The van der Waals surface area contributed by atoms with E-state index in [1.165, 1.54) is 26.0 Å². The van der Waals surface area contributed by atoms with E-state index in [0.29, 0.717) is 5.56 Å². The molecule has 0 heterocycles. The van der Waals surface area contributed by atoms with Crippen molar-refractivity contribution in [1.29, 1.82) is 5.41 Å². The van der Waals surface area contributed by atoms with Crippen molar-refractivity contribution in [2.75, 3.05) is 6.54 Å². The number of aliphatic hydroxyl groups is 1. The molecule has 0 aromatic heterocycles. The molecule has 0 aliphatic rings. The van der Waals surface area contributed by atoms with Crippen molar-refractivity contribution >= 4 is 41.5 Å². The predicted octanol–water partition coefficient (Wildman–Crippen LogP) is -1.28. The van der Waals surface area contributed by atoms with Crippen molar-refractivity contribution in [3.8, 4) is 5.75 Å². The third-order valence-electron chi connectivity index (χ3n) is 8.40. The van der Waals surface area contributed by atoms with Crippen LogP contribution in [0.15, 0.2) is 54.6 Å². The summed E-state index contributed by atoms with van der Waals surface area (Å²) in [4.78, 5) is 78.5. The number of aliphatic hydroxyl groups excluding tert-OH is 1. The van der Waals surface area contributed by atoms with E-state index in [4.69, 9.17) is 16.9 Å². The Kier molecular flexibility index (Phi) is 18.5. The molecule has 0 aliphatic carbocycles. The lowest BCUT2D eigenvalue weighted by atomic mass is 10.0. The van der Waals surface area contributed by atoms with Gasteiger partial charge in [-0.15, -0.1) is 0 Å². The topological polar surface area (TPSA) is 311 Å². The second-order valence-electron chi connectivity index (χ2n) is 13.8. The first kappa shape index (κ1) is 45.4. The lowest BCUT2D eigenvalue weighted by molar-refractivity contribution is -0.142. The van der Waals surface area contributed by atoms with E-state index < -0.39 is 77.9 Å². The van der Waals surface area contributed by atoms with Crippen LogP contribution in [0.2, 0.25) is 0 Å². The molecule has 0 aliphatic heterocycles. The average molecular weight is 770 g/mol. The van der Waals surface area contributed by atoms with Gasteiger partial charge < -0.3 is 58.7 Å². The predicted molar refractivity (Wildman–Crippen MR) is 203 cm³/mol. The summed E-state index contributed by atoms with van der Waals surface area (Å²) in [6, 6.07) is 7.29. The van der Waals surface area contributed by atoms with Crippen LogP contribution in [0.4, 0.5) is 0 Å². The normalized spacial score (nSPS) is 14.8. The van der Waals surface area contributed by atoms with Crippen LogP contribution in [-0.2, 0) is 41.6 Å². The Bertz CT molecular complexity index is 1610. The number of benzene rings is 2. The molecule has 18 heteroatoms. The quantitative estimate of drug-likeness (QED) is 0.0379. The molecule has 302 valence electrons. The van der Waals surface area contributed by atoms with Crippen molar-refractivity contribution in [2.45, 2.75) is 102 Å². The van der Waals surface area contributed by atoms with E-state index in [0.717, 1.165) is 5.56 Å². The van der Waals surface area contributed by atoms with E-state index in [9.17, 15) is 44.1 Å². The number of hydrogen-bond donors (Lipinski definition) is 12. The second-order valence-corrected chi connectivity index (χ2v) is 13.8. The second kappa shape index (κ2) is 22.5. The molecule has 55 heavy (non-hydrogen) atoms. The number of aromatic hydroxyl groups is 1. The lowest BCUT2D eigenvalue weighted by Gasteiger charge is -2.28. The van der Waals surface area contributed by atoms with Crippen molar-refractivity contribution in [3.63, 3.8) is 0 Å². The largest absolute Gasteiger partial charge is 0.508 e. The van der Waals surface area contributed by atoms with Crippen LogP contribution in [-0.4, -0.2) is 106 Å². The fourth-order valence-electron chi connectivity index (χ4n) is 5.40. The van der Waals surface area contributed by atoms with Gasteiger partial charge in [0, 0.05) is 13.0 Å². The van der Waals surface area contributed by atoms with Gasteiger partial charge in [0.05, 0.1) is 12.1 Å². The summed E-state index contributed by atoms with van der Waals surface area (Å²) in [5.41, 5.74) is 12.7. The minimum atomic E-state index is -1.60. The summed E-state index contributed by atoms with van der Waals surface area (Å²) in [6.45, 7) is 6.38. The van der Waals surface area contributed by atoms with E-state index >= 15 is 0 Å². The number of carboxylic acid groups (broad SMARTS) is 1. The highest BCUT2D eigenvalue weighted by Gasteiger charge is 2.34. The Morgan fingerprint density at radius 1 is 0.709 bits per heavy atom. The number of rotatable bonds is 22. The maximum atomic E-state index is 13.7. The van der Waals surface area contributed by atoms with Gasteiger partial charge in [0.1, 0.15) is 36.0 Å².